The summed E-state index contributed by atoms with van der Waals surface area (Å²) < 4.78 is 71.8. The molecule has 2 atom stereocenters. The second-order valence-electron chi connectivity index (χ2n) is 7.51. The number of carbonyl (C=O) groups is 1. The Morgan fingerprint density at radius 3 is 2.45 bits per heavy atom. The van der Waals surface area contributed by atoms with Crippen LogP contribution in [-0.2, 0) is 25.4 Å². The molecule has 31 heavy (non-hydrogen) atoms. The fourth-order valence-corrected chi connectivity index (χ4v) is 3.70. The third-order valence-corrected chi connectivity index (χ3v) is 5.44. The second-order valence-corrected chi connectivity index (χ2v) is 7.51. The lowest BCUT2D eigenvalue weighted by atomic mass is 9.92. The van der Waals surface area contributed by atoms with E-state index in [1.807, 2.05) is 0 Å². The minimum Gasteiger partial charge on any atom is -0.318 e. The normalized spacial score (nSPS) is 16.9. The molecule has 0 saturated heterocycles. The lowest BCUT2D eigenvalue weighted by Gasteiger charge is -2.26. The number of amides is 1. The van der Waals surface area contributed by atoms with E-state index in [0.717, 1.165) is 17.9 Å². The van der Waals surface area contributed by atoms with Crippen molar-refractivity contribution < 1.29 is 26.7 Å². The highest BCUT2D eigenvalue weighted by Gasteiger charge is 2.42. The van der Waals surface area contributed by atoms with Gasteiger partial charge in [-0.3, -0.25) is 4.79 Å². The first-order chi connectivity index (χ1) is 14.5. The number of fused-ring (bicyclic) bond motifs is 1. The Balaban J connectivity index is 1.69. The number of hydrogen-bond acceptors (Lipinski definition) is 3. The van der Waals surface area contributed by atoms with Crippen LogP contribution in [0, 0.1) is 0 Å². The molecule has 0 N–H and O–H groups in total. The van der Waals surface area contributed by atoms with E-state index >= 15 is 4.39 Å². The smallest absolute Gasteiger partial charge is 0.318 e. The zero-order valence-electron chi connectivity index (χ0n) is 16.5. The monoisotopic (exact) mass is 436 g/mol. The molecule has 3 aromatic rings. The zero-order valence-corrected chi connectivity index (χ0v) is 16.5. The lowest BCUT2D eigenvalue weighted by molar-refractivity contribution is -0.138. The first-order valence-electron chi connectivity index (χ1n) is 9.30. The number of benzene rings is 2. The van der Waals surface area contributed by atoms with Gasteiger partial charge >= 0.3 is 6.18 Å². The summed E-state index contributed by atoms with van der Waals surface area (Å²) in [7, 11) is 1.48. The molecule has 4 rings (SSSR count). The van der Waals surface area contributed by atoms with Crippen LogP contribution in [0.3, 0.4) is 0 Å². The van der Waals surface area contributed by atoms with Gasteiger partial charge in [0.1, 0.15) is 6.33 Å². The number of anilines is 1. The molecule has 10 heteroatoms. The molecule has 0 bridgehead atoms. The van der Waals surface area contributed by atoms with Gasteiger partial charge in [-0.15, -0.1) is 10.2 Å². The summed E-state index contributed by atoms with van der Waals surface area (Å²) in [5, 5.41) is 7.16. The molecule has 1 aliphatic rings. The number of nitrogens with zero attached hydrogens (tertiary/aromatic N) is 4. The van der Waals surface area contributed by atoms with Gasteiger partial charge in [-0.1, -0.05) is 18.2 Å². The van der Waals surface area contributed by atoms with E-state index in [4.69, 9.17) is 0 Å². The van der Waals surface area contributed by atoms with Crippen LogP contribution in [0.4, 0.5) is 27.6 Å². The van der Waals surface area contributed by atoms with Crippen LogP contribution in [0.2, 0.25) is 0 Å². The summed E-state index contributed by atoms with van der Waals surface area (Å²) in [6, 6.07) is 8.91. The van der Waals surface area contributed by atoms with Gasteiger partial charge < -0.3 is 9.47 Å². The van der Waals surface area contributed by atoms with Crippen molar-refractivity contribution in [3.63, 3.8) is 0 Å². The van der Waals surface area contributed by atoms with Crippen molar-refractivity contribution in [1.29, 1.82) is 0 Å². The summed E-state index contributed by atoms with van der Waals surface area (Å²) in [6.07, 6.45) is -5.52. The molecule has 0 spiro atoms. The molecule has 1 aliphatic heterocycles. The highest BCUT2D eigenvalue weighted by Crippen LogP contribution is 2.43. The minimum absolute atomic E-state index is 0.0642. The van der Waals surface area contributed by atoms with Crippen molar-refractivity contribution in [2.45, 2.75) is 31.5 Å². The Kier molecular flexibility index (Phi) is 4.83. The predicted molar refractivity (Wildman–Crippen MR) is 102 cm³/mol. The number of halogens is 5. The summed E-state index contributed by atoms with van der Waals surface area (Å²) in [6.45, 7) is 0.715. The van der Waals surface area contributed by atoms with Crippen LogP contribution in [0.5, 0.6) is 0 Å². The van der Waals surface area contributed by atoms with Crippen molar-refractivity contribution in [2.24, 2.45) is 7.05 Å². The summed E-state index contributed by atoms with van der Waals surface area (Å²) in [5.41, 5.74) is -3.54. The van der Waals surface area contributed by atoms with Crippen LogP contribution in [0.1, 0.15) is 46.0 Å². The van der Waals surface area contributed by atoms with Crippen molar-refractivity contribution >= 4 is 11.6 Å². The SMILES string of the molecule is Cn1cnnc1[C@@H](F)C(C)(F)c1cccc(N2Cc3c(cccc3C(F)(F)F)C2=O)c1. The van der Waals surface area contributed by atoms with Crippen molar-refractivity contribution in [3.8, 4) is 0 Å². The molecule has 5 nitrogen and oxygen atoms in total. The standard InChI is InChI=1S/C21H17F5N4O/c1-20(23,17(22)18-28-27-11-29(18)2)12-5-3-6-13(9-12)30-10-15-14(19(30)31)7-4-8-16(15)21(24,25)26/h3-9,11,17H,10H2,1-2H3/t17-,20?/m1/s1. The summed E-state index contributed by atoms with van der Waals surface area (Å²) in [5.74, 6) is -0.848. The maximum atomic E-state index is 15.5. The van der Waals surface area contributed by atoms with Crippen LogP contribution in [-0.4, -0.2) is 20.7 Å². The molecule has 1 amide bonds. The van der Waals surface area contributed by atoms with E-state index < -0.39 is 29.5 Å². The third kappa shape index (κ3) is 3.45. The maximum absolute atomic E-state index is 15.5. The average molecular weight is 436 g/mol. The molecular weight excluding hydrogens is 419 g/mol. The van der Waals surface area contributed by atoms with E-state index in [9.17, 15) is 22.4 Å². The van der Waals surface area contributed by atoms with Gasteiger partial charge in [0, 0.05) is 18.3 Å². The molecule has 1 unspecified atom stereocenters. The largest absolute Gasteiger partial charge is 0.416 e. The first-order valence-corrected chi connectivity index (χ1v) is 9.30. The number of rotatable bonds is 4. The van der Waals surface area contributed by atoms with E-state index in [2.05, 4.69) is 10.2 Å². The fourth-order valence-electron chi connectivity index (χ4n) is 3.70. The summed E-state index contributed by atoms with van der Waals surface area (Å²) >= 11 is 0. The fraction of sp³-hybridized carbons (Fsp3) is 0.286. The maximum Gasteiger partial charge on any atom is 0.416 e. The van der Waals surface area contributed by atoms with E-state index in [1.54, 1.807) is 0 Å². The van der Waals surface area contributed by atoms with Gasteiger partial charge in [0.2, 0.25) is 0 Å². The number of alkyl halides is 5. The number of aryl methyl sites for hydroxylation is 1. The van der Waals surface area contributed by atoms with E-state index in [0.29, 0.717) is 0 Å². The molecule has 0 fully saturated rings. The molecule has 2 heterocycles. The van der Waals surface area contributed by atoms with Crippen molar-refractivity contribution in [3.05, 3.63) is 76.9 Å². The van der Waals surface area contributed by atoms with Crippen LogP contribution < -0.4 is 4.90 Å². The Morgan fingerprint density at radius 1 is 1.10 bits per heavy atom. The summed E-state index contributed by atoms with van der Waals surface area (Å²) in [4.78, 5) is 13.9. The van der Waals surface area contributed by atoms with Gasteiger partial charge in [0.25, 0.3) is 5.91 Å². The molecule has 162 valence electrons. The molecule has 0 aliphatic carbocycles. The van der Waals surface area contributed by atoms with Crippen molar-refractivity contribution in [1.82, 2.24) is 14.8 Å². The van der Waals surface area contributed by atoms with Gasteiger partial charge in [-0.05, 0) is 42.3 Å². The van der Waals surface area contributed by atoms with Gasteiger partial charge in [0.05, 0.1) is 12.1 Å². The van der Waals surface area contributed by atoms with E-state index in [-0.39, 0.29) is 34.7 Å². The molecule has 0 saturated carbocycles. The number of aromatic nitrogens is 3. The highest BCUT2D eigenvalue weighted by molar-refractivity contribution is 6.10. The Labute approximate surface area is 174 Å². The topological polar surface area (TPSA) is 51.0 Å². The quantitative estimate of drug-likeness (QED) is 0.548. The minimum atomic E-state index is -4.61. The number of hydrogen-bond donors (Lipinski definition) is 0. The Bertz CT molecular complexity index is 1150. The lowest BCUT2D eigenvalue weighted by Crippen LogP contribution is -2.27. The van der Waals surface area contributed by atoms with Crippen molar-refractivity contribution in [2.75, 3.05) is 4.90 Å². The second kappa shape index (κ2) is 7.14. The molecule has 2 aromatic carbocycles. The Morgan fingerprint density at radius 2 is 1.81 bits per heavy atom. The predicted octanol–water partition coefficient (Wildman–Crippen LogP) is 4.89. The van der Waals surface area contributed by atoms with Gasteiger partial charge in [-0.2, -0.15) is 13.2 Å². The highest BCUT2D eigenvalue weighted by atomic mass is 19.4. The molecular formula is C21H17F5N4O. The Hall–Kier alpha value is -3.30. The third-order valence-electron chi connectivity index (χ3n) is 5.44. The number of carbonyl (C=O) groups excluding carboxylic acids is 1. The van der Waals surface area contributed by atoms with Gasteiger partial charge in [0.15, 0.2) is 17.7 Å². The van der Waals surface area contributed by atoms with Gasteiger partial charge in [-0.25, -0.2) is 8.78 Å². The van der Waals surface area contributed by atoms with Crippen LogP contribution in [0.25, 0.3) is 0 Å². The average Bonchev–Trinajstić information content (AvgIpc) is 3.30. The zero-order chi connectivity index (χ0) is 22.6. The van der Waals surface area contributed by atoms with E-state index in [1.165, 1.54) is 54.3 Å². The first kappa shape index (κ1) is 21.0. The molecule has 0 radical (unpaired) electrons. The van der Waals surface area contributed by atoms with Crippen LogP contribution in [0.15, 0.2) is 48.8 Å². The van der Waals surface area contributed by atoms with Crippen LogP contribution >= 0.6 is 0 Å². The molecule has 1 aromatic heterocycles.